The molecule has 0 spiro atoms. The molecule has 1 aliphatic rings. The molecule has 4 rings (SSSR count). The van der Waals surface area contributed by atoms with E-state index in [-0.39, 0.29) is 0 Å². The summed E-state index contributed by atoms with van der Waals surface area (Å²) in [5.41, 5.74) is 4.05. The smallest absolute Gasteiger partial charge is 0.436 e. The molecule has 28 heavy (non-hydrogen) atoms. The second-order valence-electron chi connectivity index (χ2n) is 6.74. The van der Waals surface area contributed by atoms with Crippen LogP contribution in [0.1, 0.15) is 30.3 Å². The van der Waals surface area contributed by atoms with Gasteiger partial charge in [-0.05, 0) is 31.9 Å². The van der Waals surface area contributed by atoms with Gasteiger partial charge in [-0.2, -0.15) is 5.06 Å². The summed E-state index contributed by atoms with van der Waals surface area (Å²) in [4.78, 5) is 25.6. The molecule has 1 aliphatic heterocycles. The molecule has 1 N–H and O–H groups in total. The Hall–Kier alpha value is -2.97. The van der Waals surface area contributed by atoms with Gasteiger partial charge >= 0.3 is 6.09 Å². The minimum absolute atomic E-state index is 0.340. The van der Waals surface area contributed by atoms with Gasteiger partial charge in [0.05, 0.1) is 29.7 Å². The van der Waals surface area contributed by atoms with E-state index in [1.807, 2.05) is 25.3 Å². The molecule has 0 atom stereocenters. The van der Waals surface area contributed by atoms with E-state index < -0.39 is 6.09 Å². The average molecular weight is 382 g/mol. The maximum atomic E-state index is 11.3. The van der Waals surface area contributed by atoms with Gasteiger partial charge < -0.3 is 9.84 Å². The second kappa shape index (κ2) is 7.57. The number of aromatic nitrogens is 3. The van der Waals surface area contributed by atoms with Crippen molar-refractivity contribution in [2.24, 2.45) is 0 Å². The molecule has 1 fully saturated rings. The zero-order valence-corrected chi connectivity index (χ0v) is 15.8. The molecule has 0 bridgehead atoms. The van der Waals surface area contributed by atoms with Crippen LogP contribution in [0.4, 0.5) is 10.5 Å². The number of carboxylic acid groups (broad SMARTS) is 1. The molecule has 1 aromatic carbocycles. The number of hydroxylamine groups is 1. The molecule has 8 nitrogen and oxygen atoms in total. The molecule has 0 aliphatic carbocycles. The van der Waals surface area contributed by atoms with Crippen LogP contribution >= 0.6 is 0 Å². The van der Waals surface area contributed by atoms with E-state index in [0.29, 0.717) is 11.6 Å². The first-order valence-electron chi connectivity index (χ1n) is 9.19. The number of benzene rings is 1. The minimum Gasteiger partial charge on any atom is -0.463 e. The quantitative estimate of drug-likeness (QED) is 0.693. The van der Waals surface area contributed by atoms with Crippen LogP contribution in [0.2, 0.25) is 0 Å². The first-order valence-corrected chi connectivity index (χ1v) is 9.19. The first-order chi connectivity index (χ1) is 13.6. The Morgan fingerprint density at radius 2 is 2.00 bits per heavy atom. The minimum atomic E-state index is -1.18. The first kappa shape index (κ1) is 18.4. The SMILES string of the molecule is CON(C(=O)O)c1ccc(-c2nc(C3CCOCC3)n3ccnc(C)c23)cc1. The predicted octanol–water partition coefficient (Wildman–Crippen LogP) is 3.64. The van der Waals surface area contributed by atoms with Crippen molar-refractivity contribution in [3.05, 3.63) is 48.2 Å². The summed E-state index contributed by atoms with van der Waals surface area (Å²) in [7, 11) is 1.32. The number of anilines is 1. The molecule has 0 unspecified atom stereocenters. The number of carbonyl (C=O) groups is 1. The van der Waals surface area contributed by atoms with E-state index in [1.165, 1.54) is 7.11 Å². The maximum Gasteiger partial charge on any atom is 0.436 e. The third-order valence-electron chi connectivity index (χ3n) is 5.08. The van der Waals surface area contributed by atoms with Crippen LogP contribution < -0.4 is 5.06 Å². The van der Waals surface area contributed by atoms with Crippen LogP contribution in [-0.4, -0.2) is 45.9 Å². The average Bonchev–Trinajstić information content (AvgIpc) is 3.10. The number of imidazole rings is 1. The Labute approximate surface area is 162 Å². The van der Waals surface area contributed by atoms with E-state index in [9.17, 15) is 9.90 Å². The lowest BCUT2D eigenvalue weighted by Crippen LogP contribution is -2.27. The number of hydrogen-bond donors (Lipinski definition) is 1. The zero-order chi connectivity index (χ0) is 19.7. The van der Waals surface area contributed by atoms with Crippen molar-refractivity contribution in [2.45, 2.75) is 25.7 Å². The van der Waals surface area contributed by atoms with Crippen molar-refractivity contribution in [2.75, 3.05) is 25.4 Å². The summed E-state index contributed by atoms with van der Waals surface area (Å²) >= 11 is 0. The van der Waals surface area contributed by atoms with Crippen LogP contribution in [0.3, 0.4) is 0 Å². The van der Waals surface area contributed by atoms with Crippen molar-refractivity contribution >= 4 is 17.3 Å². The number of hydrogen-bond acceptors (Lipinski definition) is 5. The molecular formula is C20H22N4O4. The highest BCUT2D eigenvalue weighted by Crippen LogP contribution is 2.33. The number of fused-ring (bicyclic) bond motifs is 1. The number of rotatable bonds is 4. The molecule has 1 amide bonds. The molecule has 0 radical (unpaired) electrons. The van der Waals surface area contributed by atoms with E-state index >= 15 is 0 Å². The van der Waals surface area contributed by atoms with Crippen molar-refractivity contribution in [3.63, 3.8) is 0 Å². The van der Waals surface area contributed by atoms with E-state index in [1.54, 1.807) is 18.3 Å². The number of aryl methyl sites for hydroxylation is 1. The fourth-order valence-electron chi connectivity index (χ4n) is 3.71. The summed E-state index contributed by atoms with van der Waals surface area (Å²) in [6.07, 6.45) is 4.46. The van der Waals surface area contributed by atoms with E-state index in [2.05, 4.69) is 9.38 Å². The molecular weight excluding hydrogens is 360 g/mol. The van der Waals surface area contributed by atoms with Crippen LogP contribution in [0, 0.1) is 6.92 Å². The summed E-state index contributed by atoms with van der Waals surface area (Å²) in [5, 5.41) is 10.0. The molecule has 8 heteroatoms. The number of amides is 1. The fourth-order valence-corrected chi connectivity index (χ4v) is 3.71. The lowest BCUT2D eigenvalue weighted by molar-refractivity contribution is 0.0835. The van der Waals surface area contributed by atoms with Crippen molar-refractivity contribution < 1.29 is 19.5 Å². The number of nitrogens with zero attached hydrogens (tertiary/aromatic N) is 4. The Balaban J connectivity index is 1.79. The second-order valence-corrected chi connectivity index (χ2v) is 6.74. The van der Waals surface area contributed by atoms with Gasteiger partial charge in [-0.3, -0.25) is 14.2 Å². The Morgan fingerprint density at radius 1 is 1.29 bits per heavy atom. The third-order valence-corrected chi connectivity index (χ3v) is 5.08. The van der Waals surface area contributed by atoms with Gasteiger partial charge in [0.15, 0.2) is 0 Å². The van der Waals surface area contributed by atoms with Gasteiger partial charge in [-0.25, -0.2) is 9.78 Å². The molecule has 2 aromatic heterocycles. The topological polar surface area (TPSA) is 89.2 Å². The molecule has 3 aromatic rings. The van der Waals surface area contributed by atoms with Crippen molar-refractivity contribution in [3.8, 4) is 11.3 Å². The van der Waals surface area contributed by atoms with Crippen molar-refractivity contribution in [1.82, 2.24) is 14.4 Å². The molecule has 1 saturated heterocycles. The van der Waals surface area contributed by atoms with Crippen LogP contribution in [0.15, 0.2) is 36.7 Å². The normalized spacial score (nSPS) is 15.1. The van der Waals surface area contributed by atoms with Gasteiger partial charge in [-0.15, -0.1) is 0 Å². The van der Waals surface area contributed by atoms with Crippen LogP contribution in [-0.2, 0) is 9.57 Å². The monoisotopic (exact) mass is 382 g/mol. The predicted molar refractivity (Wildman–Crippen MR) is 103 cm³/mol. The van der Waals surface area contributed by atoms with Gasteiger partial charge in [0.25, 0.3) is 0 Å². The van der Waals surface area contributed by atoms with Crippen molar-refractivity contribution in [1.29, 1.82) is 0 Å². The van der Waals surface area contributed by atoms with Crippen LogP contribution in [0.25, 0.3) is 16.8 Å². The van der Waals surface area contributed by atoms with Gasteiger partial charge in [0.2, 0.25) is 0 Å². The number of ether oxygens (including phenoxy) is 1. The molecule has 146 valence electrons. The lowest BCUT2D eigenvalue weighted by Gasteiger charge is -2.20. The highest BCUT2D eigenvalue weighted by Gasteiger charge is 2.24. The highest BCUT2D eigenvalue weighted by molar-refractivity contribution is 5.85. The highest BCUT2D eigenvalue weighted by atomic mass is 16.7. The molecule has 0 saturated carbocycles. The maximum absolute atomic E-state index is 11.3. The lowest BCUT2D eigenvalue weighted by atomic mass is 9.99. The summed E-state index contributed by atoms with van der Waals surface area (Å²) in [5.74, 6) is 1.36. The molecule has 3 heterocycles. The summed E-state index contributed by atoms with van der Waals surface area (Å²) in [6, 6.07) is 7.12. The van der Waals surface area contributed by atoms with Crippen LogP contribution in [0.5, 0.6) is 0 Å². The summed E-state index contributed by atoms with van der Waals surface area (Å²) < 4.78 is 7.63. The van der Waals surface area contributed by atoms with Gasteiger partial charge in [0.1, 0.15) is 5.82 Å². The standard InChI is InChI=1S/C20H22N4O4/c1-13-18-17(14-3-5-16(6-4-14)24(27-2)20(25)26)22-19(23(18)10-9-21-13)15-7-11-28-12-8-15/h3-6,9-10,15H,7-8,11-12H2,1-2H3,(H,25,26). The third kappa shape index (κ3) is 3.21. The Morgan fingerprint density at radius 3 is 2.64 bits per heavy atom. The Kier molecular flexibility index (Phi) is 4.97. The zero-order valence-electron chi connectivity index (χ0n) is 15.8. The largest absolute Gasteiger partial charge is 0.463 e. The summed E-state index contributed by atoms with van der Waals surface area (Å²) in [6.45, 7) is 3.46. The van der Waals surface area contributed by atoms with Gasteiger partial charge in [0, 0.05) is 37.1 Å². The van der Waals surface area contributed by atoms with E-state index in [4.69, 9.17) is 14.6 Å². The van der Waals surface area contributed by atoms with E-state index in [0.717, 1.165) is 59.4 Å². The fraction of sp³-hybridized carbons (Fsp3) is 0.350. The van der Waals surface area contributed by atoms with Gasteiger partial charge in [-0.1, -0.05) is 12.1 Å². The Bertz CT molecular complexity index is 993.